The van der Waals surface area contributed by atoms with Crippen LogP contribution in [0.25, 0.3) is 0 Å². The molecule has 0 fully saturated rings. The molecular weight excluding hydrogens is 148 g/mol. The second-order valence-electron chi connectivity index (χ2n) is 3.44. The van der Waals surface area contributed by atoms with E-state index in [2.05, 4.69) is 25.1 Å². The number of rotatable bonds is 1. The Bertz CT molecular complexity index is 291. The van der Waals surface area contributed by atoms with E-state index in [0.29, 0.717) is 0 Å². The topological polar surface area (TPSA) is 20.2 Å². The lowest BCUT2D eigenvalue weighted by molar-refractivity contribution is 0.180. The summed E-state index contributed by atoms with van der Waals surface area (Å²) in [5.41, 5.74) is 3.87. The maximum Gasteiger partial charge on any atom is 0.0795 e. The molecule has 12 heavy (non-hydrogen) atoms. The van der Waals surface area contributed by atoms with Gasteiger partial charge < -0.3 is 5.11 Å². The first-order valence-corrected chi connectivity index (χ1v) is 4.61. The van der Waals surface area contributed by atoms with Crippen LogP contribution in [0.2, 0.25) is 0 Å². The van der Waals surface area contributed by atoms with Crippen LogP contribution in [0.3, 0.4) is 0 Å². The molecule has 64 valence electrons. The third kappa shape index (κ3) is 1.14. The van der Waals surface area contributed by atoms with Crippen molar-refractivity contribution < 1.29 is 5.11 Å². The fourth-order valence-corrected chi connectivity index (χ4v) is 1.87. The molecule has 1 N–H and O–H groups in total. The molecule has 1 nitrogen and oxygen atoms in total. The maximum atomic E-state index is 9.54. The third-order valence-corrected chi connectivity index (χ3v) is 2.66. The average Bonchev–Trinajstić information content (AvgIpc) is 2.47. The van der Waals surface area contributed by atoms with Gasteiger partial charge in [-0.25, -0.2) is 0 Å². The molecule has 0 aromatic heterocycles. The van der Waals surface area contributed by atoms with Crippen LogP contribution in [0.1, 0.15) is 36.1 Å². The van der Waals surface area contributed by atoms with E-state index in [-0.39, 0.29) is 6.10 Å². The number of aliphatic hydroxyl groups excluding tert-OH is 1. The molecule has 0 aliphatic heterocycles. The van der Waals surface area contributed by atoms with Crippen molar-refractivity contribution in [3.8, 4) is 0 Å². The predicted molar refractivity (Wildman–Crippen MR) is 49.1 cm³/mol. The van der Waals surface area contributed by atoms with Crippen molar-refractivity contribution in [3.05, 3.63) is 34.9 Å². The zero-order valence-corrected chi connectivity index (χ0v) is 7.38. The molecule has 1 heteroatoms. The molecule has 1 unspecified atom stereocenters. The van der Waals surface area contributed by atoms with Gasteiger partial charge >= 0.3 is 0 Å². The molecule has 1 aromatic rings. The molecule has 1 aliphatic rings. The van der Waals surface area contributed by atoms with Crippen LogP contribution in [0, 0.1) is 0 Å². The highest BCUT2D eigenvalue weighted by Crippen LogP contribution is 2.31. The summed E-state index contributed by atoms with van der Waals surface area (Å²) >= 11 is 0. The van der Waals surface area contributed by atoms with E-state index >= 15 is 0 Å². The summed E-state index contributed by atoms with van der Waals surface area (Å²) in [5.74, 6) is 0. The average molecular weight is 162 g/mol. The second kappa shape index (κ2) is 2.91. The third-order valence-electron chi connectivity index (χ3n) is 2.66. The lowest BCUT2D eigenvalue weighted by Crippen LogP contribution is -1.90. The lowest BCUT2D eigenvalue weighted by Gasteiger charge is -2.04. The minimum atomic E-state index is -0.203. The van der Waals surface area contributed by atoms with Gasteiger partial charge in [0.1, 0.15) is 0 Å². The zero-order chi connectivity index (χ0) is 8.55. The van der Waals surface area contributed by atoms with Gasteiger partial charge in [0.05, 0.1) is 6.10 Å². The van der Waals surface area contributed by atoms with Gasteiger partial charge in [0.2, 0.25) is 0 Å². The van der Waals surface area contributed by atoms with Crippen LogP contribution >= 0.6 is 0 Å². The molecule has 1 aliphatic carbocycles. The Hall–Kier alpha value is -0.820. The van der Waals surface area contributed by atoms with E-state index in [9.17, 15) is 5.11 Å². The van der Waals surface area contributed by atoms with E-state index in [1.54, 1.807) is 0 Å². The quantitative estimate of drug-likeness (QED) is 0.671. The highest BCUT2D eigenvalue weighted by molar-refractivity contribution is 5.36. The van der Waals surface area contributed by atoms with Crippen LogP contribution in [-0.4, -0.2) is 5.11 Å². The summed E-state index contributed by atoms with van der Waals surface area (Å²) in [6.45, 7) is 2.16. The van der Waals surface area contributed by atoms with Gasteiger partial charge in [-0.15, -0.1) is 0 Å². The summed E-state index contributed by atoms with van der Waals surface area (Å²) in [4.78, 5) is 0. The highest BCUT2D eigenvalue weighted by Gasteiger charge is 2.19. The smallest absolute Gasteiger partial charge is 0.0795 e. The van der Waals surface area contributed by atoms with Gasteiger partial charge in [0.25, 0.3) is 0 Å². The van der Waals surface area contributed by atoms with Crippen molar-refractivity contribution in [3.63, 3.8) is 0 Å². The number of benzene rings is 1. The van der Waals surface area contributed by atoms with E-state index in [0.717, 1.165) is 24.8 Å². The van der Waals surface area contributed by atoms with E-state index in [1.165, 1.54) is 11.1 Å². The number of hydrogen-bond acceptors (Lipinski definition) is 1. The predicted octanol–water partition coefficient (Wildman–Crippen LogP) is 2.23. The molecule has 1 atom stereocenters. The standard InChI is InChI=1S/C11H14O/c1-2-8-3-5-10-9(7-8)4-6-11(10)12/h3,5,7,11-12H,2,4,6H2,1H3. The fourth-order valence-electron chi connectivity index (χ4n) is 1.87. The first-order valence-electron chi connectivity index (χ1n) is 4.61. The van der Waals surface area contributed by atoms with Crippen LogP contribution in [0.15, 0.2) is 18.2 Å². The first-order chi connectivity index (χ1) is 5.81. The van der Waals surface area contributed by atoms with E-state index in [1.807, 2.05) is 0 Å². The first kappa shape index (κ1) is 7.81. The highest BCUT2D eigenvalue weighted by atomic mass is 16.3. The molecule has 0 spiro atoms. The molecule has 0 saturated heterocycles. The van der Waals surface area contributed by atoms with E-state index in [4.69, 9.17) is 0 Å². The van der Waals surface area contributed by atoms with Crippen LogP contribution < -0.4 is 0 Å². The Labute approximate surface area is 73.0 Å². The van der Waals surface area contributed by atoms with Gasteiger partial charge in [-0.1, -0.05) is 25.1 Å². The molecule has 0 radical (unpaired) electrons. The molecule has 0 saturated carbocycles. The summed E-state index contributed by atoms with van der Waals surface area (Å²) in [6.07, 6.45) is 2.84. The number of aliphatic hydroxyl groups is 1. The van der Waals surface area contributed by atoms with Crippen molar-refractivity contribution in [1.82, 2.24) is 0 Å². The Morgan fingerprint density at radius 1 is 1.50 bits per heavy atom. The molecule has 0 bridgehead atoms. The van der Waals surface area contributed by atoms with Crippen molar-refractivity contribution in [2.24, 2.45) is 0 Å². The van der Waals surface area contributed by atoms with Gasteiger partial charge in [-0.2, -0.15) is 0 Å². The summed E-state index contributed by atoms with van der Waals surface area (Å²) < 4.78 is 0. The van der Waals surface area contributed by atoms with Gasteiger partial charge in [-0.3, -0.25) is 0 Å². The summed E-state index contributed by atoms with van der Waals surface area (Å²) in [7, 11) is 0. The Morgan fingerprint density at radius 3 is 3.08 bits per heavy atom. The van der Waals surface area contributed by atoms with Crippen molar-refractivity contribution >= 4 is 0 Å². The van der Waals surface area contributed by atoms with Crippen LogP contribution in [0.5, 0.6) is 0 Å². The number of hydrogen-bond donors (Lipinski definition) is 1. The number of fused-ring (bicyclic) bond motifs is 1. The Kier molecular flexibility index (Phi) is 1.89. The number of aryl methyl sites for hydroxylation is 2. The van der Waals surface area contributed by atoms with Crippen molar-refractivity contribution in [1.29, 1.82) is 0 Å². The Balaban J connectivity index is 2.41. The zero-order valence-electron chi connectivity index (χ0n) is 7.38. The molecule has 0 heterocycles. The molecule has 1 aromatic carbocycles. The van der Waals surface area contributed by atoms with Gasteiger partial charge in [0, 0.05) is 0 Å². The monoisotopic (exact) mass is 162 g/mol. The van der Waals surface area contributed by atoms with Crippen molar-refractivity contribution in [2.75, 3.05) is 0 Å². The second-order valence-corrected chi connectivity index (χ2v) is 3.44. The fraction of sp³-hybridized carbons (Fsp3) is 0.455. The summed E-state index contributed by atoms with van der Waals surface area (Å²) in [5, 5.41) is 9.54. The minimum absolute atomic E-state index is 0.203. The molecule has 2 rings (SSSR count). The SMILES string of the molecule is CCc1ccc2c(c1)CCC2O. The largest absolute Gasteiger partial charge is 0.388 e. The summed E-state index contributed by atoms with van der Waals surface area (Å²) in [6, 6.07) is 6.42. The van der Waals surface area contributed by atoms with Gasteiger partial charge in [0.15, 0.2) is 0 Å². The minimum Gasteiger partial charge on any atom is -0.388 e. The van der Waals surface area contributed by atoms with E-state index < -0.39 is 0 Å². The van der Waals surface area contributed by atoms with Crippen LogP contribution in [0.4, 0.5) is 0 Å². The van der Waals surface area contributed by atoms with Crippen LogP contribution in [-0.2, 0) is 12.8 Å². The molecule has 0 amide bonds. The Morgan fingerprint density at radius 2 is 2.33 bits per heavy atom. The lowest BCUT2D eigenvalue weighted by atomic mass is 10.0. The maximum absolute atomic E-state index is 9.54. The van der Waals surface area contributed by atoms with Crippen molar-refractivity contribution in [2.45, 2.75) is 32.3 Å². The molecular formula is C11H14O. The normalized spacial score (nSPS) is 21.0. The van der Waals surface area contributed by atoms with Gasteiger partial charge in [-0.05, 0) is 36.0 Å².